The van der Waals surface area contributed by atoms with Crippen LogP contribution in [0.4, 0.5) is 11.4 Å². The molecule has 4 N–H and O–H groups in total. The lowest BCUT2D eigenvalue weighted by Gasteiger charge is -2.21. The molecule has 0 bridgehead atoms. The number of carbonyl (C=O) groups excluding carboxylic acids is 3. The molecule has 0 saturated heterocycles. The van der Waals surface area contributed by atoms with Crippen LogP contribution >= 0.6 is 0 Å². The van der Waals surface area contributed by atoms with Crippen molar-refractivity contribution in [3.63, 3.8) is 0 Å². The minimum atomic E-state index is -0.473. The summed E-state index contributed by atoms with van der Waals surface area (Å²) in [4.78, 5) is 56.0. The number of anilines is 1. The average molecular weight is 524 g/mol. The molecule has 12 heteroatoms. The van der Waals surface area contributed by atoms with Crippen LogP contribution in [0.25, 0.3) is 6.08 Å². The topological polar surface area (TPSA) is 161 Å². The zero-order chi connectivity index (χ0) is 27.5. The molecular formula is C26H33N7O5. The van der Waals surface area contributed by atoms with Gasteiger partial charge in [0.2, 0.25) is 5.91 Å². The van der Waals surface area contributed by atoms with E-state index in [1.54, 1.807) is 18.3 Å². The van der Waals surface area contributed by atoms with Gasteiger partial charge in [-0.25, -0.2) is 10.1 Å². The fourth-order valence-corrected chi connectivity index (χ4v) is 3.63. The number of aromatic nitrogens is 2. The molecule has 0 saturated carbocycles. The molecule has 3 rings (SSSR count). The number of methoxy groups -OCH3 is 1. The monoisotopic (exact) mass is 523 g/mol. The van der Waals surface area contributed by atoms with E-state index in [0.29, 0.717) is 47.8 Å². The number of nitrogens with zero attached hydrogens (tertiary/aromatic N) is 4. The van der Waals surface area contributed by atoms with E-state index in [2.05, 4.69) is 25.6 Å². The first kappa shape index (κ1) is 28.4. The highest BCUT2D eigenvalue weighted by atomic mass is 16.7. The molecular weight excluding hydrogens is 490 g/mol. The van der Waals surface area contributed by atoms with Crippen LogP contribution in [0.15, 0.2) is 41.3 Å². The van der Waals surface area contributed by atoms with Gasteiger partial charge in [-0.2, -0.15) is 0 Å². The van der Waals surface area contributed by atoms with Crippen LogP contribution in [0.1, 0.15) is 54.7 Å². The van der Waals surface area contributed by atoms with Gasteiger partial charge in [0.15, 0.2) is 0 Å². The second-order valence-electron chi connectivity index (χ2n) is 8.46. The van der Waals surface area contributed by atoms with Crippen molar-refractivity contribution < 1.29 is 24.0 Å². The van der Waals surface area contributed by atoms with Crippen molar-refractivity contribution in [2.24, 2.45) is 10.7 Å². The molecule has 0 unspecified atom stereocenters. The van der Waals surface area contributed by atoms with Crippen LogP contribution in [0.3, 0.4) is 0 Å². The number of fused-ring (bicyclic) bond motifs is 1. The van der Waals surface area contributed by atoms with Gasteiger partial charge in [-0.15, -0.1) is 0 Å². The number of rotatable bonds is 12. The smallest absolute Gasteiger partial charge is 0.274 e. The summed E-state index contributed by atoms with van der Waals surface area (Å²) in [7, 11) is 1.53. The predicted octanol–water partition coefficient (Wildman–Crippen LogP) is 2.35. The molecule has 0 fully saturated rings. The van der Waals surface area contributed by atoms with Crippen LogP contribution in [-0.2, 0) is 25.7 Å². The molecule has 38 heavy (non-hydrogen) atoms. The van der Waals surface area contributed by atoms with E-state index in [-0.39, 0.29) is 42.7 Å². The van der Waals surface area contributed by atoms with Gasteiger partial charge in [0.1, 0.15) is 11.5 Å². The summed E-state index contributed by atoms with van der Waals surface area (Å²) in [5.74, 6) is -0.674. The van der Waals surface area contributed by atoms with Crippen LogP contribution in [-0.4, -0.2) is 65.5 Å². The van der Waals surface area contributed by atoms with Crippen LogP contribution < -0.4 is 16.4 Å². The molecule has 0 aromatic carbocycles. The quantitative estimate of drug-likeness (QED) is 0.357. The number of aliphatic imine (C=N–C) groups is 1. The summed E-state index contributed by atoms with van der Waals surface area (Å²) in [6.07, 6.45) is 7.38. The number of pyridine rings is 2. The lowest BCUT2D eigenvalue weighted by atomic mass is 10.1. The highest BCUT2D eigenvalue weighted by Crippen LogP contribution is 2.27. The summed E-state index contributed by atoms with van der Waals surface area (Å²) in [5.41, 5.74) is 8.78. The molecule has 2 aromatic rings. The zero-order valence-corrected chi connectivity index (χ0v) is 21.8. The number of ether oxygens (including phenoxy) is 1. The first-order chi connectivity index (χ1) is 18.3. The summed E-state index contributed by atoms with van der Waals surface area (Å²) in [6, 6.07) is 3.23. The fourth-order valence-electron chi connectivity index (χ4n) is 3.63. The van der Waals surface area contributed by atoms with Gasteiger partial charge >= 0.3 is 0 Å². The Labute approximate surface area is 221 Å². The van der Waals surface area contributed by atoms with Crippen molar-refractivity contribution in [1.29, 1.82) is 0 Å². The molecule has 0 spiro atoms. The summed E-state index contributed by atoms with van der Waals surface area (Å²) in [5, 5.41) is 6.85. The molecule has 1 aliphatic heterocycles. The highest BCUT2D eigenvalue weighted by molar-refractivity contribution is 6.06. The lowest BCUT2D eigenvalue weighted by Crippen LogP contribution is -2.34. The van der Waals surface area contributed by atoms with Crippen LogP contribution in [0.2, 0.25) is 0 Å². The van der Waals surface area contributed by atoms with Crippen molar-refractivity contribution >= 4 is 41.0 Å². The maximum Gasteiger partial charge on any atom is 0.274 e. The minimum absolute atomic E-state index is 0.115. The van der Waals surface area contributed by atoms with E-state index < -0.39 is 5.91 Å². The molecule has 202 valence electrons. The summed E-state index contributed by atoms with van der Waals surface area (Å²) < 4.78 is 4.89. The number of amidine groups is 1. The Kier molecular flexibility index (Phi) is 10.4. The molecule has 3 amide bonds. The largest absolute Gasteiger partial charge is 0.387 e. The van der Waals surface area contributed by atoms with Gasteiger partial charge < -0.3 is 21.1 Å². The Morgan fingerprint density at radius 3 is 2.71 bits per heavy atom. The number of carbonyl (C=O) groups is 3. The molecule has 0 atom stereocenters. The third-order valence-corrected chi connectivity index (χ3v) is 5.40. The van der Waals surface area contributed by atoms with E-state index in [4.69, 9.17) is 15.3 Å². The van der Waals surface area contributed by atoms with Crippen molar-refractivity contribution in [3.8, 4) is 0 Å². The molecule has 0 radical (unpaired) electrons. The van der Waals surface area contributed by atoms with Gasteiger partial charge in [0.25, 0.3) is 11.8 Å². The average Bonchev–Trinajstić information content (AvgIpc) is 3.07. The van der Waals surface area contributed by atoms with E-state index in [1.807, 2.05) is 13.8 Å². The SMILES string of the molecule is CCCN(OCC)C(=O)C1=Cc2cnc(C(=O)Nc3cncc(CNC(=O)CCOC)c3)cc2N=C(N)C1. The number of hydroxylamine groups is 2. The Balaban J connectivity index is 1.74. The van der Waals surface area contributed by atoms with Crippen molar-refractivity contribution in [3.05, 3.63) is 53.1 Å². The van der Waals surface area contributed by atoms with E-state index in [9.17, 15) is 14.4 Å². The van der Waals surface area contributed by atoms with Crippen molar-refractivity contribution in [2.45, 2.75) is 39.7 Å². The summed E-state index contributed by atoms with van der Waals surface area (Å²) >= 11 is 0. The predicted molar refractivity (Wildman–Crippen MR) is 142 cm³/mol. The van der Waals surface area contributed by atoms with E-state index >= 15 is 0 Å². The third kappa shape index (κ3) is 7.92. The number of nitrogens with one attached hydrogen (secondary N) is 2. The molecule has 0 aliphatic carbocycles. The molecule has 2 aromatic heterocycles. The Morgan fingerprint density at radius 2 is 1.97 bits per heavy atom. The second kappa shape index (κ2) is 14.0. The summed E-state index contributed by atoms with van der Waals surface area (Å²) in [6.45, 7) is 5.17. The van der Waals surface area contributed by atoms with E-state index in [1.165, 1.54) is 30.6 Å². The Bertz CT molecular complexity index is 1220. The number of amides is 3. The second-order valence-corrected chi connectivity index (χ2v) is 8.46. The number of nitrogens with two attached hydrogens (primary N) is 1. The van der Waals surface area contributed by atoms with Crippen LogP contribution in [0.5, 0.6) is 0 Å². The maximum atomic E-state index is 13.0. The first-order valence-electron chi connectivity index (χ1n) is 12.3. The fraction of sp³-hybridized carbons (Fsp3) is 0.385. The maximum absolute atomic E-state index is 13.0. The van der Waals surface area contributed by atoms with Gasteiger partial charge in [-0.3, -0.25) is 29.2 Å². The Morgan fingerprint density at radius 1 is 1.16 bits per heavy atom. The van der Waals surface area contributed by atoms with Crippen molar-refractivity contribution in [2.75, 3.05) is 32.2 Å². The first-order valence-corrected chi connectivity index (χ1v) is 12.3. The molecule has 1 aliphatic rings. The van der Waals surface area contributed by atoms with Gasteiger partial charge in [-0.05, 0) is 37.1 Å². The van der Waals surface area contributed by atoms with Gasteiger partial charge in [-0.1, -0.05) is 6.92 Å². The highest BCUT2D eigenvalue weighted by Gasteiger charge is 2.22. The standard InChI is InChI=1S/C26H33N7O5/c1-4-7-33(38-5-2)26(36)18-10-19-15-29-22(12-21(19)32-23(27)11-18)25(35)31-20-9-17(13-28-16-20)14-30-24(34)6-8-37-3/h9-10,12-13,15-16H,4-8,11,14H2,1-3H3,(H2,27,32)(H,30,34)(H,31,35). The van der Waals surface area contributed by atoms with Gasteiger partial charge in [0, 0.05) is 56.6 Å². The molecule has 12 nitrogen and oxygen atoms in total. The normalized spacial score (nSPS) is 12.5. The zero-order valence-electron chi connectivity index (χ0n) is 21.8. The van der Waals surface area contributed by atoms with Crippen LogP contribution in [0, 0.1) is 0 Å². The third-order valence-electron chi connectivity index (χ3n) is 5.40. The molecule has 3 heterocycles. The number of hydrogen-bond donors (Lipinski definition) is 3. The van der Waals surface area contributed by atoms with Gasteiger partial charge in [0.05, 0.1) is 30.8 Å². The lowest BCUT2D eigenvalue weighted by molar-refractivity contribution is -0.180. The Hall–Kier alpha value is -4.16. The van der Waals surface area contributed by atoms with E-state index in [0.717, 1.165) is 6.42 Å². The van der Waals surface area contributed by atoms with Crippen molar-refractivity contribution in [1.82, 2.24) is 20.3 Å². The number of hydrogen-bond acceptors (Lipinski definition) is 9. The minimum Gasteiger partial charge on any atom is -0.387 e.